The van der Waals surface area contributed by atoms with E-state index < -0.39 is 5.60 Å². The highest BCUT2D eigenvalue weighted by Gasteiger charge is 2.27. The van der Waals surface area contributed by atoms with Crippen LogP contribution in [0.4, 0.5) is 0 Å². The van der Waals surface area contributed by atoms with Gasteiger partial charge < -0.3 is 29.4 Å². The summed E-state index contributed by atoms with van der Waals surface area (Å²) >= 11 is 0. The van der Waals surface area contributed by atoms with Crippen LogP contribution in [0, 0.1) is 29.6 Å². The van der Waals surface area contributed by atoms with E-state index in [0.29, 0.717) is 0 Å². The van der Waals surface area contributed by atoms with E-state index in [1.54, 1.807) is 0 Å². The van der Waals surface area contributed by atoms with Gasteiger partial charge in [0.2, 0.25) is 0 Å². The molecule has 0 amide bonds. The largest absolute Gasteiger partial charge is 0.390 e. The van der Waals surface area contributed by atoms with Crippen molar-refractivity contribution >= 4 is 0 Å². The Morgan fingerprint density at radius 2 is 0.642 bits per heavy atom. The summed E-state index contributed by atoms with van der Waals surface area (Å²) in [6, 6.07) is 0. The third kappa shape index (κ3) is 34.7. The molecule has 0 spiro atoms. The van der Waals surface area contributed by atoms with Crippen molar-refractivity contribution in [3.05, 3.63) is 0 Å². The van der Waals surface area contributed by atoms with Crippen LogP contribution in [0.5, 0.6) is 0 Å². The fourth-order valence-electron chi connectivity index (χ4n) is 7.25. The van der Waals surface area contributed by atoms with Gasteiger partial charge in [-0.2, -0.15) is 0 Å². The van der Waals surface area contributed by atoms with E-state index in [9.17, 15) is 5.11 Å². The van der Waals surface area contributed by atoms with Gasteiger partial charge in [0.05, 0.1) is 18.8 Å². The van der Waals surface area contributed by atoms with Gasteiger partial charge in [-0.3, -0.25) is 4.90 Å². The average molecular weight is 760 g/mol. The summed E-state index contributed by atoms with van der Waals surface area (Å²) in [6.07, 6.45) is 10.4. The smallest absolute Gasteiger partial charge is 0.0644 e. The molecule has 0 radical (unpaired) electrons. The Morgan fingerprint density at radius 1 is 0.396 bits per heavy atom. The van der Waals surface area contributed by atoms with Crippen LogP contribution in [0.25, 0.3) is 0 Å². The Morgan fingerprint density at radius 3 is 0.906 bits per heavy atom. The third-order valence-corrected chi connectivity index (χ3v) is 9.75. The third-order valence-electron chi connectivity index (χ3n) is 9.75. The van der Waals surface area contributed by atoms with Gasteiger partial charge in [0.15, 0.2) is 0 Å². The minimum atomic E-state index is -0.395. The van der Waals surface area contributed by atoms with Gasteiger partial charge in [-0.05, 0) is 121 Å². The molecule has 5 rings (SSSR count). The van der Waals surface area contributed by atoms with Gasteiger partial charge in [0, 0.05) is 58.9 Å². The maximum atomic E-state index is 9.70. The Hall–Kier alpha value is -0.280. The molecule has 5 fully saturated rings. The zero-order valence-corrected chi connectivity index (χ0v) is 35.2. The average Bonchev–Trinajstić information content (AvgIpc) is 3.50. The van der Waals surface area contributed by atoms with Crippen LogP contribution in [0.15, 0.2) is 0 Å². The second-order valence-electron chi connectivity index (χ2n) is 18.2. The van der Waals surface area contributed by atoms with Crippen molar-refractivity contribution in [2.45, 2.75) is 163 Å². The van der Waals surface area contributed by atoms with Crippen molar-refractivity contribution < 1.29 is 9.84 Å². The molecule has 0 unspecified atom stereocenters. The van der Waals surface area contributed by atoms with Crippen molar-refractivity contribution in [2.24, 2.45) is 29.6 Å². The zero-order valence-electron chi connectivity index (χ0n) is 35.2. The first-order valence-corrected chi connectivity index (χ1v) is 21.1. The molecule has 0 aromatic carbocycles. The van der Waals surface area contributed by atoms with E-state index >= 15 is 0 Å². The van der Waals surface area contributed by atoms with E-state index in [2.05, 4.69) is 93.7 Å². The second-order valence-corrected chi connectivity index (χ2v) is 18.2. The Bertz CT molecular complexity index is 704. The summed E-state index contributed by atoms with van der Waals surface area (Å²) in [4.78, 5) is 12.6. The molecule has 0 bridgehead atoms. The Kier molecular flexibility index (Phi) is 39.2. The highest BCUT2D eigenvalue weighted by molar-refractivity contribution is 4.81. The van der Waals surface area contributed by atoms with Crippen LogP contribution in [0.2, 0.25) is 0 Å². The molecule has 7 nitrogen and oxygen atoms in total. The maximum Gasteiger partial charge on any atom is 0.0644 e. The number of hydrogen-bond donors (Lipinski definition) is 1. The molecule has 0 aromatic rings. The molecular weight excluding hydrogens is 655 g/mol. The van der Waals surface area contributed by atoms with Crippen LogP contribution in [-0.2, 0) is 4.74 Å². The van der Waals surface area contributed by atoms with Crippen molar-refractivity contribution in [1.82, 2.24) is 24.5 Å². The van der Waals surface area contributed by atoms with Crippen LogP contribution >= 0.6 is 0 Å². The number of rotatable bonds is 10. The monoisotopic (exact) mass is 760 g/mol. The topological polar surface area (TPSA) is 45.7 Å². The van der Waals surface area contributed by atoms with Crippen molar-refractivity contribution in [3.63, 3.8) is 0 Å². The van der Waals surface area contributed by atoms with Crippen LogP contribution in [0.1, 0.15) is 157 Å². The van der Waals surface area contributed by atoms with Crippen molar-refractivity contribution in [1.29, 1.82) is 0 Å². The first kappa shape index (κ1) is 59.4. The lowest BCUT2D eigenvalue weighted by molar-refractivity contribution is -0.00770. The molecule has 5 heterocycles. The summed E-state index contributed by atoms with van der Waals surface area (Å²) in [6.45, 7) is 45.3. The predicted octanol–water partition coefficient (Wildman–Crippen LogP) is 10.2. The van der Waals surface area contributed by atoms with Crippen molar-refractivity contribution in [3.8, 4) is 0 Å². The molecule has 1 N–H and O–H groups in total. The zero-order chi connectivity index (χ0) is 36.7. The molecule has 5 aliphatic rings. The molecule has 7 heteroatoms. The fraction of sp³-hybridized carbons (Fsp3) is 1.00. The highest BCUT2D eigenvalue weighted by Crippen LogP contribution is 2.21. The molecule has 326 valence electrons. The first-order chi connectivity index (χ1) is 23.1. The van der Waals surface area contributed by atoms with E-state index in [-0.39, 0.29) is 29.7 Å². The molecule has 0 aromatic heterocycles. The van der Waals surface area contributed by atoms with Gasteiger partial charge in [-0.25, -0.2) is 0 Å². The van der Waals surface area contributed by atoms with Gasteiger partial charge in [-0.15, -0.1) is 0 Å². The lowest BCUT2D eigenvalue weighted by Gasteiger charge is -2.36. The summed E-state index contributed by atoms with van der Waals surface area (Å²) in [5.41, 5.74) is -0.395. The fourth-order valence-corrected chi connectivity index (χ4v) is 7.25. The summed E-state index contributed by atoms with van der Waals surface area (Å²) in [5, 5.41) is 9.70. The minimum absolute atomic E-state index is 0. The Balaban J connectivity index is -0.000000279. The van der Waals surface area contributed by atoms with Crippen molar-refractivity contribution in [2.75, 3.05) is 111 Å². The molecule has 5 aliphatic heterocycles. The molecule has 53 heavy (non-hydrogen) atoms. The lowest BCUT2D eigenvalue weighted by Crippen LogP contribution is -2.43. The summed E-state index contributed by atoms with van der Waals surface area (Å²) < 4.78 is 5.24. The lowest BCUT2D eigenvalue weighted by atomic mass is 9.93. The van der Waals surface area contributed by atoms with Crippen LogP contribution in [-0.4, -0.2) is 147 Å². The number of morpholine rings is 1. The van der Waals surface area contributed by atoms with Gasteiger partial charge in [-0.1, -0.05) is 105 Å². The predicted molar refractivity (Wildman–Crippen MR) is 242 cm³/mol. The Labute approximate surface area is 337 Å². The number of nitrogens with zero attached hydrogens (tertiary/aromatic N) is 5. The van der Waals surface area contributed by atoms with E-state index in [1.807, 2.05) is 6.92 Å². The number of ether oxygens (including phenoxy) is 1. The first-order valence-electron chi connectivity index (χ1n) is 21.1. The standard InChI is InChI=1S/C10H21NO.C9H19N.C8H17NO.C8H17N.C7H15N.4CH4/c1-9(2)8-11-6-4-10(3,12)5-7-11;1-9(2)8-10-6-4-3-5-7-10;1-8(2)7-9-3-5-10-6-4-9;1-8(2)7-9-5-3-4-6-9;1-7(2)6-8-4-3-5-8;;;;/h9,12H,4-8H2,1-3H3;9H,3-8H2,1-2H3;8H,3-7H2,1-2H3;8H,3-7H2,1-2H3;7H,3-6H2,1-2H3;4*1H4. The molecule has 0 saturated carbocycles. The summed E-state index contributed by atoms with van der Waals surface area (Å²) in [7, 11) is 0. The molecule has 5 saturated heterocycles. The summed E-state index contributed by atoms with van der Waals surface area (Å²) in [5.74, 6) is 4.09. The minimum Gasteiger partial charge on any atom is -0.390 e. The molecule has 0 aliphatic carbocycles. The van der Waals surface area contributed by atoms with Gasteiger partial charge in [0.1, 0.15) is 0 Å². The normalized spacial score (nSPS) is 20.8. The quantitative estimate of drug-likeness (QED) is 0.238. The highest BCUT2D eigenvalue weighted by atomic mass is 16.5. The number of aliphatic hydroxyl groups is 1. The molecule has 0 atom stereocenters. The number of likely N-dealkylation sites (tertiary alicyclic amines) is 4. The maximum absolute atomic E-state index is 9.70. The SMILES string of the molecule is C.C.C.C.CC(C)CN1CCC(C)(O)CC1.CC(C)CN1CCC1.CC(C)CN1CCCC1.CC(C)CN1CCCCC1.CC(C)CN1CCOCC1. The van der Waals surface area contributed by atoms with Crippen LogP contribution in [0.3, 0.4) is 0 Å². The number of hydrogen-bond acceptors (Lipinski definition) is 7. The van der Waals surface area contributed by atoms with Crippen LogP contribution < -0.4 is 0 Å². The van der Waals surface area contributed by atoms with Gasteiger partial charge in [0.25, 0.3) is 0 Å². The van der Waals surface area contributed by atoms with Gasteiger partial charge >= 0.3 is 0 Å². The number of piperidine rings is 2. The van der Waals surface area contributed by atoms with E-state index in [1.165, 1.54) is 111 Å². The molecular formula is C46H105N5O2. The van der Waals surface area contributed by atoms with E-state index in [0.717, 1.165) is 81.8 Å². The second kappa shape index (κ2) is 34.9. The van der Waals surface area contributed by atoms with E-state index in [4.69, 9.17) is 4.74 Å².